The molecule has 3 atom stereocenters. The van der Waals surface area contributed by atoms with Crippen molar-refractivity contribution >= 4 is 21.4 Å². The SMILES string of the molecule is CC1(C2CC(=N)CC=C2F)CS(=O)(=O)C2(CCOC2)C(N)=N1. The molecule has 6 nitrogen and oxygen atoms in total. The highest BCUT2D eigenvalue weighted by atomic mass is 32.2. The number of aliphatic imine (C=N–C) groups is 1. The molecule has 2 heterocycles. The van der Waals surface area contributed by atoms with Gasteiger partial charge in [0.05, 0.1) is 17.9 Å². The Morgan fingerprint density at radius 3 is 2.86 bits per heavy atom. The van der Waals surface area contributed by atoms with E-state index in [-0.39, 0.29) is 31.0 Å². The monoisotopic (exact) mass is 329 g/mol. The van der Waals surface area contributed by atoms with Gasteiger partial charge in [-0.2, -0.15) is 0 Å². The van der Waals surface area contributed by atoms with Crippen molar-refractivity contribution in [1.29, 1.82) is 5.41 Å². The number of sulfone groups is 1. The van der Waals surface area contributed by atoms with Gasteiger partial charge in [-0.25, -0.2) is 12.8 Å². The van der Waals surface area contributed by atoms with Crippen molar-refractivity contribution in [3.8, 4) is 0 Å². The van der Waals surface area contributed by atoms with Gasteiger partial charge in [-0.3, -0.25) is 4.99 Å². The molecule has 2 aliphatic heterocycles. The number of nitrogens with two attached hydrogens (primary N) is 1. The second-order valence-corrected chi connectivity index (χ2v) is 8.86. The summed E-state index contributed by atoms with van der Waals surface area (Å²) in [6.07, 6.45) is 2.07. The van der Waals surface area contributed by atoms with Crippen molar-refractivity contribution in [2.45, 2.75) is 36.5 Å². The minimum atomic E-state index is -3.62. The van der Waals surface area contributed by atoms with Gasteiger partial charge in [-0.1, -0.05) is 0 Å². The minimum Gasteiger partial charge on any atom is -0.386 e. The first-order valence-corrected chi connectivity index (χ1v) is 8.93. The van der Waals surface area contributed by atoms with Crippen LogP contribution in [0.3, 0.4) is 0 Å². The summed E-state index contributed by atoms with van der Waals surface area (Å²) in [6, 6.07) is 0. The van der Waals surface area contributed by atoms with E-state index in [0.717, 1.165) is 0 Å². The van der Waals surface area contributed by atoms with Gasteiger partial charge in [-0.15, -0.1) is 0 Å². The Morgan fingerprint density at radius 1 is 1.55 bits per heavy atom. The van der Waals surface area contributed by atoms with E-state index < -0.39 is 31.9 Å². The summed E-state index contributed by atoms with van der Waals surface area (Å²) in [5.74, 6) is -1.40. The highest BCUT2D eigenvalue weighted by Crippen LogP contribution is 2.43. The van der Waals surface area contributed by atoms with Crippen molar-refractivity contribution in [3.63, 3.8) is 0 Å². The Labute approximate surface area is 129 Å². The summed E-state index contributed by atoms with van der Waals surface area (Å²) in [5, 5.41) is 7.76. The molecular formula is C14H20FN3O3S. The topological polar surface area (TPSA) is 106 Å². The van der Waals surface area contributed by atoms with Crippen LogP contribution in [0.1, 0.15) is 26.2 Å². The third-order valence-corrected chi connectivity index (χ3v) is 7.67. The highest BCUT2D eigenvalue weighted by molar-refractivity contribution is 7.93. The average molecular weight is 329 g/mol. The number of ether oxygens (including phenoxy) is 1. The van der Waals surface area contributed by atoms with E-state index in [2.05, 4.69) is 4.99 Å². The Hall–Kier alpha value is -1.28. The van der Waals surface area contributed by atoms with Crippen LogP contribution in [0, 0.1) is 11.3 Å². The zero-order valence-corrected chi connectivity index (χ0v) is 13.2. The first-order chi connectivity index (χ1) is 10.2. The maximum atomic E-state index is 14.2. The number of rotatable bonds is 1. The van der Waals surface area contributed by atoms with E-state index in [1.165, 1.54) is 6.08 Å². The highest BCUT2D eigenvalue weighted by Gasteiger charge is 2.58. The molecule has 22 heavy (non-hydrogen) atoms. The number of halogens is 1. The van der Waals surface area contributed by atoms with Gasteiger partial charge in [0.25, 0.3) is 0 Å². The number of hydrogen-bond acceptors (Lipinski definition) is 6. The average Bonchev–Trinajstić information content (AvgIpc) is 2.90. The molecule has 0 saturated carbocycles. The molecule has 0 aromatic heterocycles. The quantitative estimate of drug-likeness (QED) is 0.747. The molecule has 3 rings (SSSR count). The minimum absolute atomic E-state index is 0.0134. The van der Waals surface area contributed by atoms with E-state index in [9.17, 15) is 12.8 Å². The van der Waals surface area contributed by atoms with Crippen molar-refractivity contribution in [2.24, 2.45) is 16.6 Å². The van der Waals surface area contributed by atoms with Gasteiger partial charge in [0.2, 0.25) is 0 Å². The van der Waals surface area contributed by atoms with Crippen LogP contribution in [0.4, 0.5) is 4.39 Å². The second-order valence-electron chi connectivity index (χ2n) is 6.56. The molecular weight excluding hydrogens is 309 g/mol. The van der Waals surface area contributed by atoms with Gasteiger partial charge >= 0.3 is 0 Å². The lowest BCUT2D eigenvalue weighted by molar-refractivity contribution is 0.194. The number of allylic oxidation sites excluding steroid dienone is 1. The zero-order valence-electron chi connectivity index (χ0n) is 12.4. The molecule has 3 N–H and O–H groups in total. The van der Waals surface area contributed by atoms with Crippen LogP contribution in [0.5, 0.6) is 0 Å². The fourth-order valence-corrected chi connectivity index (χ4v) is 5.90. The van der Waals surface area contributed by atoms with Gasteiger partial charge < -0.3 is 15.9 Å². The Kier molecular flexibility index (Phi) is 3.45. The predicted octanol–water partition coefficient (Wildman–Crippen LogP) is 0.973. The van der Waals surface area contributed by atoms with E-state index in [1.54, 1.807) is 6.92 Å². The molecule has 0 radical (unpaired) electrons. The van der Waals surface area contributed by atoms with Gasteiger partial charge in [0.1, 0.15) is 11.7 Å². The number of amidine groups is 1. The van der Waals surface area contributed by atoms with E-state index in [1.807, 2.05) is 0 Å². The van der Waals surface area contributed by atoms with Crippen molar-refractivity contribution in [3.05, 3.63) is 11.9 Å². The van der Waals surface area contributed by atoms with Crippen LogP contribution < -0.4 is 5.73 Å². The molecule has 0 bridgehead atoms. The molecule has 122 valence electrons. The molecule has 1 aliphatic carbocycles. The molecule has 0 amide bonds. The summed E-state index contributed by atoms with van der Waals surface area (Å²) in [7, 11) is -3.62. The van der Waals surface area contributed by atoms with Crippen LogP contribution in [-0.4, -0.2) is 49.2 Å². The van der Waals surface area contributed by atoms with E-state index in [0.29, 0.717) is 18.7 Å². The summed E-state index contributed by atoms with van der Waals surface area (Å²) in [4.78, 5) is 4.41. The fourth-order valence-electron chi connectivity index (χ4n) is 3.57. The maximum Gasteiger partial charge on any atom is 0.167 e. The first-order valence-electron chi connectivity index (χ1n) is 7.28. The van der Waals surface area contributed by atoms with Crippen LogP contribution in [0.15, 0.2) is 16.9 Å². The lowest BCUT2D eigenvalue weighted by Crippen LogP contribution is -2.61. The molecule has 8 heteroatoms. The molecule has 3 unspecified atom stereocenters. The number of nitrogens with zero attached hydrogens (tertiary/aromatic N) is 1. The van der Waals surface area contributed by atoms with Crippen molar-refractivity contribution in [2.75, 3.05) is 19.0 Å². The first kappa shape index (κ1) is 15.6. The lowest BCUT2D eigenvalue weighted by atomic mass is 9.79. The zero-order chi connectivity index (χ0) is 16.2. The second kappa shape index (κ2) is 4.86. The fraction of sp³-hybridized carbons (Fsp3) is 0.714. The number of nitrogens with one attached hydrogen (secondary N) is 1. The Bertz CT molecular complexity index is 679. The van der Waals surface area contributed by atoms with Crippen molar-refractivity contribution < 1.29 is 17.5 Å². The van der Waals surface area contributed by atoms with E-state index in [4.69, 9.17) is 15.9 Å². The number of hydrogen-bond donors (Lipinski definition) is 2. The molecule has 1 saturated heterocycles. The summed E-state index contributed by atoms with van der Waals surface area (Å²) in [6.45, 7) is 1.95. The van der Waals surface area contributed by atoms with Crippen LogP contribution in [-0.2, 0) is 14.6 Å². The molecule has 1 spiro atoms. The predicted molar refractivity (Wildman–Crippen MR) is 81.6 cm³/mol. The van der Waals surface area contributed by atoms with Gasteiger partial charge in [0.15, 0.2) is 14.6 Å². The molecule has 3 aliphatic rings. The molecule has 0 aromatic rings. The lowest BCUT2D eigenvalue weighted by Gasteiger charge is -2.42. The third kappa shape index (κ3) is 2.11. The Balaban J connectivity index is 2.06. The van der Waals surface area contributed by atoms with Crippen LogP contribution in [0.25, 0.3) is 0 Å². The standard InChI is InChI=1S/C14H20FN3O3S/c1-13(10-6-9(16)2-3-11(10)15)8-22(19,20)14(12(17)18-13)4-5-21-7-14/h3,10,16H,2,4-8H2,1H3,(H2,17,18). The Morgan fingerprint density at radius 2 is 2.27 bits per heavy atom. The largest absolute Gasteiger partial charge is 0.386 e. The van der Waals surface area contributed by atoms with Gasteiger partial charge in [0, 0.05) is 24.7 Å². The third-order valence-electron chi connectivity index (χ3n) is 4.98. The van der Waals surface area contributed by atoms with Gasteiger partial charge in [-0.05, 0) is 25.8 Å². The van der Waals surface area contributed by atoms with Crippen LogP contribution in [0.2, 0.25) is 0 Å². The normalized spacial score (nSPS) is 41.4. The molecule has 1 fully saturated rings. The molecule has 0 aromatic carbocycles. The maximum absolute atomic E-state index is 14.2. The van der Waals surface area contributed by atoms with Crippen molar-refractivity contribution in [1.82, 2.24) is 0 Å². The van der Waals surface area contributed by atoms with Crippen LogP contribution >= 0.6 is 0 Å². The summed E-state index contributed by atoms with van der Waals surface area (Å²) >= 11 is 0. The summed E-state index contributed by atoms with van der Waals surface area (Å²) in [5.41, 5.74) is 5.21. The van der Waals surface area contributed by atoms with E-state index >= 15 is 0 Å². The summed E-state index contributed by atoms with van der Waals surface area (Å²) < 4.78 is 43.9. The smallest absolute Gasteiger partial charge is 0.167 e.